The van der Waals surface area contributed by atoms with E-state index in [1.165, 1.54) is 11.0 Å². The van der Waals surface area contributed by atoms with Gasteiger partial charge in [0.15, 0.2) is 0 Å². The van der Waals surface area contributed by atoms with Gasteiger partial charge in [-0.05, 0) is 48.1 Å². The van der Waals surface area contributed by atoms with Crippen molar-refractivity contribution in [2.45, 2.75) is 31.1 Å². The Balaban J connectivity index is 1.56. The molecule has 1 atom stereocenters. The Morgan fingerprint density at radius 1 is 1.15 bits per heavy atom. The monoisotopic (exact) mass is 496 g/mol. The van der Waals surface area contributed by atoms with Crippen LogP contribution in [-0.4, -0.2) is 43.5 Å². The third kappa shape index (κ3) is 4.53. The standard InChI is InChI=1S/C24H24Cl2F2N2O3/c1-33-20-5-3-2-4-18(20)19-14-29-21(31)13-23(19)6-8-30(9-7-23)22(32)24(27,28)15-10-16(25)12-17(26)11-15/h2-5,10-12,19H,6-9,13-14H2,1H3,(H,29,31). The van der Waals surface area contributed by atoms with Gasteiger partial charge in [0, 0.05) is 47.6 Å². The molecule has 2 amide bonds. The van der Waals surface area contributed by atoms with Gasteiger partial charge in [0.1, 0.15) is 5.75 Å². The summed E-state index contributed by atoms with van der Waals surface area (Å²) in [6, 6.07) is 11.1. The van der Waals surface area contributed by atoms with Gasteiger partial charge < -0.3 is 15.0 Å². The summed E-state index contributed by atoms with van der Waals surface area (Å²) in [5, 5.41) is 3.00. The van der Waals surface area contributed by atoms with Crippen LogP contribution in [0, 0.1) is 5.41 Å². The van der Waals surface area contributed by atoms with Crippen molar-refractivity contribution in [3.8, 4) is 5.75 Å². The number of hydrogen-bond acceptors (Lipinski definition) is 3. The molecular weight excluding hydrogens is 473 g/mol. The number of hydrogen-bond donors (Lipinski definition) is 1. The Bertz CT molecular complexity index is 1050. The molecule has 4 rings (SSSR count). The fourth-order valence-corrected chi connectivity index (χ4v) is 5.60. The van der Waals surface area contributed by atoms with E-state index in [0.717, 1.165) is 23.4 Å². The first-order valence-electron chi connectivity index (χ1n) is 10.7. The van der Waals surface area contributed by atoms with Crippen LogP contribution in [0.15, 0.2) is 42.5 Å². The van der Waals surface area contributed by atoms with E-state index in [0.29, 0.717) is 19.4 Å². The van der Waals surface area contributed by atoms with Crippen LogP contribution in [0.25, 0.3) is 0 Å². The van der Waals surface area contributed by atoms with Crippen molar-refractivity contribution >= 4 is 35.0 Å². The molecule has 2 fully saturated rings. The number of nitrogens with zero attached hydrogens (tertiary/aromatic N) is 1. The van der Waals surface area contributed by atoms with Crippen molar-refractivity contribution in [1.29, 1.82) is 0 Å². The molecular formula is C24H24Cl2F2N2O3. The predicted molar refractivity (Wildman–Crippen MR) is 122 cm³/mol. The number of para-hydroxylation sites is 1. The molecule has 2 aromatic rings. The molecule has 0 aliphatic carbocycles. The Morgan fingerprint density at radius 2 is 1.79 bits per heavy atom. The van der Waals surface area contributed by atoms with Crippen molar-refractivity contribution in [2.75, 3.05) is 26.7 Å². The van der Waals surface area contributed by atoms with Crippen molar-refractivity contribution in [1.82, 2.24) is 10.2 Å². The first-order chi connectivity index (χ1) is 15.7. The van der Waals surface area contributed by atoms with Gasteiger partial charge in [-0.15, -0.1) is 0 Å². The molecule has 0 radical (unpaired) electrons. The van der Waals surface area contributed by atoms with Gasteiger partial charge in [0.2, 0.25) is 5.91 Å². The van der Waals surface area contributed by atoms with Gasteiger partial charge >= 0.3 is 5.92 Å². The number of alkyl halides is 2. The van der Waals surface area contributed by atoms with E-state index in [-0.39, 0.29) is 41.4 Å². The van der Waals surface area contributed by atoms with E-state index in [2.05, 4.69) is 5.32 Å². The molecule has 2 heterocycles. The SMILES string of the molecule is COc1ccccc1C1CNC(=O)CC12CCN(C(=O)C(F)(F)c1cc(Cl)cc(Cl)c1)CC2. The molecule has 1 N–H and O–H groups in total. The van der Waals surface area contributed by atoms with Crippen molar-refractivity contribution < 1.29 is 23.1 Å². The lowest BCUT2D eigenvalue weighted by atomic mass is 9.62. The number of carbonyl (C=O) groups is 2. The number of amides is 2. The minimum absolute atomic E-state index is 0.0374. The summed E-state index contributed by atoms with van der Waals surface area (Å²) in [7, 11) is 1.60. The zero-order valence-corrected chi connectivity index (χ0v) is 19.6. The second-order valence-electron chi connectivity index (χ2n) is 8.66. The number of likely N-dealkylation sites (tertiary alicyclic amines) is 1. The van der Waals surface area contributed by atoms with Gasteiger partial charge in [-0.25, -0.2) is 0 Å². The maximum Gasteiger partial charge on any atom is 0.350 e. The maximum absolute atomic E-state index is 15.0. The zero-order valence-electron chi connectivity index (χ0n) is 18.0. The third-order valence-electron chi connectivity index (χ3n) is 6.81. The highest BCUT2D eigenvalue weighted by Crippen LogP contribution is 2.51. The van der Waals surface area contributed by atoms with Gasteiger partial charge in [-0.3, -0.25) is 9.59 Å². The van der Waals surface area contributed by atoms with Gasteiger partial charge in [-0.2, -0.15) is 8.78 Å². The molecule has 176 valence electrons. The van der Waals surface area contributed by atoms with Crippen molar-refractivity contribution in [3.63, 3.8) is 0 Å². The van der Waals surface area contributed by atoms with E-state index < -0.39 is 22.8 Å². The van der Waals surface area contributed by atoms with E-state index in [1.54, 1.807) is 7.11 Å². The average Bonchev–Trinajstić information content (AvgIpc) is 2.78. The lowest BCUT2D eigenvalue weighted by Crippen LogP contribution is -2.54. The summed E-state index contributed by atoms with van der Waals surface area (Å²) in [6.45, 7) is 0.688. The highest BCUT2D eigenvalue weighted by atomic mass is 35.5. The molecule has 1 unspecified atom stereocenters. The summed E-state index contributed by atoms with van der Waals surface area (Å²) in [4.78, 5) is 26.3. The number of methoxy groups -OCH3 is 1. The Labute approximate surface area is 201 Å². The lowest BCUT2D eigenvalue weighted by molar-refractivity contribution is -0.162. The molecule has 2 aliphatic heterocycles. The highest BCUT2D eigenvalue weighted by molar-refractivity contribution is 6.34. The zero-order chi connectivity index (χ0) is 23.8. The van der Waals surface area contributed by atoms with Gasteiger partial charge in [-0.1, -0.05) is 41.4 Å². The normalized spacial score (nSPS) is 20.5. The number of halogens is 4. The number of carbonyl (C=O) groups excluding carboxylic acids is 2. The minimum atomic E-state index is -3.76. The van der Waals surface area contributed by atoms with Crippen LogP contribution in [0.1, 0.15) is 36.3 Å². The van der Waals surface area contributed by atoms with Crippen LogP contribution in [0.3, 0.4) is 0 Å². The number of piperidine rings is 2. The van der Waals surface area contributed by atoms with Gasteiger partial charge in [0.25, 0.3) is 5.91 Å². The Morgan fingerprint density at radius 3 is 2.42 bits per heavy atom. The predicted octanol–water partition coefficient (Wildman–Crippen LogP) is 5.01. The molecule has 1 spiro atoms. The summed E-state index contributed by atoms with van der Waals surface area (Å²) in [6.07, 6.45) is 1.14. The molecule has 9 heteroatoms. The molecule has 0 saturated carbocycles. The smallest absolute Gasteiger partial charge is 0.350 e. The second-order valence-corrected chi connectivity index (χ2v) is 9.54. The minimum Gasteiger partial charge on any atom is -0.496 e. The molecule has 33 heavy (non-hydrogen) atoms. The maximum atomic E-state index is 15.0. The first kappa shape index (κ1) is 23.8. The van der Waals surface area contributed by atoms with Crippen LogP contribution < -0.4 is 10.1 Å². The van der Waals surface area contributed by atoms with E-state index in [9.17, 15) is 9.59 Å². The van der Waals surface area contributed by atoms with Crippen molar-refractivity contribution in [2.24, 2.45) is 5.41 Å². The fraction of sp³-hybridized carbons (Fsp3) is 0.417. The number of nitrogens with one attached hydrogen (secondary N) is 1. The van der Waals surface area contributed by atoms with Gasteiger partial charge in [0.05, 0.1) is 7.11 Å². The quantitative estimate of drug-likeness (QED) is 0.647. The molecule has 0 bridgehead atoms. The summed E-state index contributed by atoms with van der Waals surface area (Å²) < 4.78 is 35.6. The number of ether oxygens (including phenoxy) is 1. The number of benzene rings is 2. The number of rotatable bonds is 4. The van der Waals surface area contributed by atoms with Crippen LogP contribution in [0.4, 0.5) is 8.78 Å². The van der Waals surface area contributed by atoms with Crippen molar-refractivity contribution in [3.05, 3.63) is 63.6 Å². The highest BCUT2D eigenvalue weighted by Gasteiger charge is 2.51. The fourth-order valence-electron chi connectivity index (χ4n) is 5.07. The Kier molecular flexibility index (Phi) is 6.56. The van der Waals surface area contributed by atoms with Crippen LogP contribution in [-0.2, 0) is 15.5 Å². The van der Waals surface area contributed by atoms with E-state index in [4.69, 9.17) is 27.9 Å². The Hall–Kier alpha value is -2.38. The summed E-state index contributed by atoms with van der Waals surface area (Å²) >= 11 is 11.7. The second kappa shape index (κ2) is 9.11. The molecule has 0 aromatic heterocycles. The molecule has 5 nitrogen and oxygen atoms in total. The van der Waals surface area contributed by atoms with E-state index in [1.807, 2.05) is 24.3 Å². The van der Waals surface area contributed by atoms with E-state index >= 15 is 8.78 Å². The molecule has 2 aromatic carbocycles. The van der Waals surface area contributed by atoms with Crippen LogP contribution in [0.2, 0.25) is 10.0 Å². The largest absolute Gasteiger partial charge is 0.496 e. The van der Waals surface area contributed by atoms with Crippen LogP contribution >= 0.6 is 23.2 Å². The topological polar surface area (TPSA) is 58.6 Å². The third-order valence-corrected chi connectivity index (χ3v) is 7.25. The summed E-state index contributed by atoms with van der Waals surface area (Å²) in [5.74, 6) is -4.44. The summed E-state index contributed by atoms with van der Waals surface area (Å²) in [5.41, 5.74) is -0.00419. The molecule has 2 aliphatic rings. The average molecular weight is 497 g/mol. The molecule has 2 saturated heterocycles. The lowest BCUT2D eigenvalue weighted by Gasteiger charge is -2.49. The first-order valence-corrected chi connectivity index (χ1v) is 11.5. The van der Waals surface area contributed by atoms with Crippen LogP contribution in [0.5, 0.6) is 5.75 Å².